The first kappa shape index (κ1) is 13.3. The molecule has 1 aliphatic rings. The summed E-state index contributed by atoms with van der Waals surface area (Å²) in [4.78, 5) is 11.0. The second-order valence-corrected chi connectivity index (χ2v) is 5.62. The van der Waals surface area contributed by atoms with E-state index in [2.05, 4.69) is 35.8 Å². The molecule has 18 heavy (non-hydrogen) atoms. The van der Waals surface area contributed by atoms with Crippen LogP contribution in [0.15, 0.2) is 12.4 Å². The Kier molecular flexibility index (Phi) is 4.17. The molecule has 3 atom stereocenters. The second-order valence-electron chi connectivity index (χ2n) is 5.62. The molecule has 0 saturated heterocycles. The predicted molar refractivity (Wildman–Crippen MR) is 74.5 cm³/mol. The van der Waals surface area contributed by atoms with Crippen molar-refractivity contribution in [3.8, 4) is 0 Å². The maximum atomic E-state index is 5.93. The molecule has 1 aromatic heterocycles. The molecule has 100 valence electrons. The fourth-order valence-corrected chi connectivity index (χ4v) is 2.18. The van der Waals surface area contributed by atoms with Crippen LogP contribution >= 0.6 is 0 Å². The Hall–Kier alpha value is -1.16. The number of nitrogens with two attached hydrogens (primary N) is 1. The smallest absolute Gasteiger partial charge is 0.225 e. The molecule has 0 radical (unpaired) electrons. The van der Waals surface area contributed by atoms with Gasteiger partial charge in [0.15, 0.2) is 0 Å². The Morgan fingerprint density at radius 3 is 2.56 bits per heavy atom. The van der Waals surface area contributed by atoms with Gasteiger partial charge in [0, 0.05) is 32.0 Å². The highest BCUT2D eigenvalue weighted by Crippen LogP contribution is 2.38. The van der Waals surface area contributed by atoms with E-state index >= 15 is 0 Å². The monoisotopic (exact) mass is 248 g/mol. The van der Waals surface area contributed by atoms with Crippen LogP contribution < -0.4 is 10.6 Å². The molecule has 2 rings (SSSR count). The molecule has 3 unspecified atom stereocenters. The molecule has 1 heterocycles. The van der Waals surface area contributed by atoms with Crippen molar-refractivity contribution in [2.45, 2.75) is 39.2 Å². The lowest BCUT2D eigenvalue weighted by Gasteiger charge is -2.17. The van der Waals surface area contributed by atoms with Crippen LogP contribution in [0.25, 0.3) is 0 Å². The van der Waals surface area contributed by atoms with E-state index in [1.54, 1.807) is 0 Å². The van der Waals surface area contributed by atoms with Crippen molar-refractivity contribution in [2.75, 3.05) is 18.5 Å². The van der Waals surface area contributed by atoms with Gasteiger partial charge in [0.25, 0.3) is 0 Å². The molecular formula is C14H24N4. The van der Waals surface area contributed by atoms with Crippen molar-refractivity contribution < 1.29 is 0 Å². The van der Waals surface area contributed by atoms with Gasteiger partial charge in [-0.2, -0.15) is 0 Å². The molecule has 0 spiro atoms. The first-order valence-electron chi connectivity index (χ1n) is 6.87. The minimum absolute atomic E-state index is 0.212. The van der Waals surface area contributed by atoms with E-state index in [0.29, 0.717) is 0 Å². The van der Waals surface area contributed by atoms with Crippen molar-refractivity contribution in [2.24, 2.45) is 17.6 Å². The molecular weight excluding hydrogens is 224 g/mol. The summed E-state index contributed by atoms with van der Waals surface area (Å²) in [5.74, 6) is 2.52. The average Bonchev–Trinajstić information content (AvgIpc) is 3.05. The maximum Gasteiger partial charge on any atom is 0.225 e. The van der Waals surface area contributed by atoms with Crippen LogP contribution in [0, 0.1) is 11.8 Å². The quantitative estimate of drug-likeness (QED) is 0.834. The van der Waals surface area contributed by atoms with E-state index in [9.17, 15) is 0 Å². The lowest BCUT2D eigenvalue weighted by molar-refractivity contribution is 0.642. The van der Waals surface area contributed by atoms with Gasteiger partial charge in [-0.25, -0.2) is 9.97 Å². The molecule has 1 saturated carbocycles. The Morgan fingerprint density at radius 1 is 1.44 bits per heavy atom. The number of nitrogens with zero attached hydrogens (tertiary/aromatic N) is 3. The van der Waals surface area contributed by atoms with E-state index in [4.69, 9.17) is 5.73 Å². The zero-order valence-corrected chi connectivity index (χ0v) is 11.6. The van der Waals surface area contributed by atoms with Gasteiger partial charge in [0.1, 0.15) is 0 Å². The molecule has 1 aromatic rings. The lowest BCUT2D eigenvalue weighted by Crippen LogP contribution is -2.24. The summed E-state index contributed by atoms with van der Waals surface area (Å²) in [6.45, 7) is 5.47. The molecule has 2 N–H and O–H groups in total. The highest BCUT2D eigenvalue weighted by molar-refractivity contribution is 5.29. The first-order chi connectivity index (χ1) is 8.60. The molecule has 1 aliphatic carbocycles. The largest absolute Gasteiger partial charge is 0.344 e. The van der Waals surface area contributed by atoms with E-state index in [1.165, 1.54) is 6.42 Å². The highest BCUT2D eigenvalue weighted by Gasteiger charge is 2.33. The van der Waals surface area contributed by atoms with Gasteiger partial charge in [-0.1, -0.05) is 13.8 Å². The number of hydrogen-bond acceptors (Lipinski definition) is 4. The number of aromatic nitrogens is 2. The maximum absolute atomic E-state index is 5.93. The summed E-state index contributed by atoms with van der Waals surface area (Å²) in [6, 6.07) is 0.212. The van der Waals surface area contributed by atoms with Crippen LogP contribution in [-0.2, 0) is 6.42 Å². The van der Waals surface area contributed by atoms with E-state index in [1.807, 2.05) is 12.4 Å². The van der Waals surface area contributed by atoms with Crippen LogP contribution in [-0.4, -0.2) is 29.6 Å². The van der Waals surface area contributed by atoms with Crippen molar-refractivity contribution in [3.63, 3.8) is 0 Å². The van der Waals surface area contributed by atoms with Gasteiger partial charge in [-0.05, 0) is 36.7 Å². The highest BCUT2D eigenvalue weighted by atomic mass is 15.2. The van der Waals surface area contributed by atoms with Crippen LogP contribution in [0.1, 0.15) is 32.3 Å². The van der Waals surface area contributed by atoms with Crippen LogP contribution in [0.5, 0.6) is 0 Å². The summed E-state index contributed by atoms with van der Waals surface area (Å²) in [5, 5.41) is 0. The van der Waals surface area contributed by atoms with E-state index < -0.39 is 0 Å². The minimum Gasteiger partial charge on any atom is -0.344 e. The molecule has 0 aliphatic heterocycles. The Balaban J connectivity index is 1.90. The molecule has 1 fully saturated rings. The van der Waals surface area contributed by atoms with Crippen LogP contribution in [0.2, 0.25) is 0 Å². The van der Waals surface area contributed by atoms with Gasteiger partial charge in [0.05, 0.1) is 0 Å². The summed E-state index contributed by atoms with van der Waals surface area (Å²) in [6.07, 6.45) is 7.00. The van der Waals surface area contributed by atoms with Gasteiger partial charge in [-0.15, -0.1) is 0 Å². The third-order valence-corrected chi connectivity index (χ3v) is 3.84. The number of hydrogen-bond donors (Lipinski definition) is 1. The SMILES string of the molecule is CCC(N)Cc1cnc(N(C)CC2CC2C)nc1. The molecule has 0 amide bonds. The van der Waals surface area contributed by atoms with E-state index in [-0.39, 0.29) is 6.04 Å². The van der Waals surface area contributed by atoms with Crippen LogP contribution in [0.3, 0.4) is 0 Å². The molecule has 0 aromatic carbocycles. The Labute approximate surface area is 110 Å². The van der Waals surface area contributed by atoms with Gasteiger partial charge in [0.2, 0.25) is 5.95 Å². The predicted octanol–water partition coefficient (Wildman–Crippen LogP) is 1.85. The second kappa shape index (κ2) is 5.65. The van der Waals surface area contributed by atoms with E-state index in [0.717, 1.165) is 42.7 Å². The van der Waals surface area contributed by atoms with Crippen molar-refractivity contribution in [3.05, 3.63) is 18.0 Å². The Bertz CT molecular complexity index is 376. The zero-order chi connectivity index (χ0) is 13.1. The van der Waals surface area contributed by atoms with Gasteiger partial charge >= 0.3 is 0 Å². The van der Waals surface area contributed by atoms with Crippen LogP contribution in [0.4, 0.5) is 5.95 Å². The molecule has 4 nitrogen and oxygen atoms in total. The van der Waals surface area contributed by atoms with Crippen molar-refractivity contribution in [1.82, 2.24) is 9.97 Å². The average molecular weight is 248 g/mol. The summed E-state index contributed by atoms with van der Waals surface area (Å²) in [7, 11) is 2.07. The van der Waals surface area contributed by atoms with Gasteiger partial charge < -0.3 is 10.6 Å². The summed E-state index contributed by atoms with van der Waals surface area (Å²) >= 11 is 0. The third-order valence-electron chi connectivity index (χ3n) is 3.84. The lowest BCUT2D eigenvalue weighted by atomic mass is 10.1. The molecule has 0 bridgehead atoms. The number of anilines is 1. The number of rotatable bonds is 6. The third kappa shape index (κ3) is 3.42. The standard InChI is InChI=1S/C14H24N4/c1-4-13(15)6-11-7-16-14(17-8-11)18(3)9-12-5-10(12)2/h7-8,10,12-13H,4-6,9,15H2,1-3H3. The Morgan fingerprint density at radius 2 is 2.06 bits per heavy atom. The molecule has 4 heteroatoms. The first-order valence-corrected chi connectivity index (χ1v) is 6.87. The van der Waals surface area contributed by atoms with Gasteiger partial charge in [-0.3, -0.25) is 0 Å². The fourth-order valence-electron chi connectivity index (χ4n) is 2.18. The normalized spacial score (nSPS) is 23.8. The topological polar surface area (TPSA) is 55.0 Å². The van der Waals surface area contributed by atoms with Crippen molar-refractivity contribution >= 4 is 5.95 Å². The summed E-state index contributed by atoms with van der Waals surface area (Å²) < 4.78 is 0. The summed E-state index contributed by atoms with van der Waals surface area (Å²) in [5.41, 5.74) is 7.05. The zero-order valence-electron chi connectivity index (χ0n) is 11.6. The fraction of sp³-hybridized carbons (Fsp3) is 0.714. The van der Waals surface area contributed by atoms with Crippen molar-refractivity contribution in [1.29, 1.82) is 0 Å². The minimum atomic E-state index is 0.212.